The maximum atomic E-state index is 5.48. The van der Waals surface area contributed by atoms with Crippen LogP contribution in [0.4, 0.5) is 5.69 Å². The van der Waals surface area contributed by atoms with Crippen LogP contribution in [0.2, 0.25) is 0 Å². The number of nitrogens with zero attached hydrogens (tertiary/aromatic N) is 3. The van der Waals surface area contributed by atoms with Crippen LogP contribution in [-0.2, 0) is 17.9 Å². The first-order chi connectivity index (χ1) is 14.8. The smallest absolute Gasteiger partial charge is 0.124 e. The van der Waals surface area contributed by atoms with E-state index in [9.17, 15) is 0 Å². The first-order valence-electron chi connectivity index (χ1n) is 11.2. The van der Waals surface area contributed by atoms with Crippen molar-refractivity contribution in [2.45, 2.75) is 32.0 Å². The predicted molar refractivity (Wildman–Crippen MR) is 122 cm³/mol. The van der Waals surface area contributed by atoms with Crippen molar-refractivity contribution in [1.29, 1.82) is 0 Å². The van der Waals surface area contributed by atoms with E-state index in [1.165, 1.54) is 30.6 Å². The molecular weight excluding hydrogens is 374 g/mol. The lowest BCUT2D eigenvalue weighted by atomic mass is 10.0. The highest BCUT2D eigenvalue weighted by molar-refractivity contribution is 5.46. The van der Waals surface area contributed by atoms with Crippen molar-refractivity contribution in [2.24, 2.45) is 0 Å². The van der Waals surface area contributed by atoms with Crippen LogP contribution in [0.5, 0.6) is 5.75 Å². The van der Waals surface area contributed by atoms with Gasteiger partial charge in [-0.05, 0) is 49.2 Å². The highest BCUT2D eigenvalue weighted by Gasteiger charge is 2.28. The molecule has 0 aromatic heterocycles. The van der Waals surface area contributed by atoms with E-state index in [0.717, 1.165) is 50.6 Å². The van der Waals surface area contributed by atoms with Crippen LogP contribution in [0, 0.1) is 0 Å². The summed E-state index contributed by atoms with van der Waals surface area (Å²) in [6, 6.07) is 18.0. The summed E-state index contributed by atoms with van der Waals surface area (Å²) in [5.41, 5.74) is 3.83. The number of benzene rings is 2. The molecule has 162 valence electrons. The SMILES string of the molecule is COCc1cc(CN2CCC[C@H](N3CCN(c4ccccc4)CC3)C2)ccc1OC. The lowest BCUT2D eigenvalue weighted by molar-refractivity contribution is 0.0887. The van der Waals surface area contributed by atoms with E-state index in [1.54, 1.807) is 14.2 Å². The number of methoxy groups -OCH3 is 2. The number of ether oxygens (including phenoxy) is 2. The van der Waals surface area contributed by atoms with E-state index < -0.39 is 0 Å². The quantitative estimate of drug-likeness (QED) is 0.696. The summed E-state index contributed by atoms with van der Waals surface area (Å²) in [5, 5.41) is 0. The number of rotatable bonds is 7. The molecule has 0 saturated carbocycles. The van der Waals surface area contributed by atoms with Crippen molar-refractivity contribution in [2.75, 3.05) is 58.4 Å². The minimum Gasteiger partial charge on any atom is -0.496 e. The zero-order valence-electron chi connectivity index (χ0n) is 18.4. The molecule has 1 atom stereocenters. The lowest BCUT2D eigenvalue weighted by Gasteiger charge is -2.44. The molecule has 5 heteroatoms. The Kier molecular flexibility index (Phi) is 7.26. The topological polar surface area (TPSA) is 28.2 Å². The van der Waals surface area contributed by atoms with E-state index in [-0.39, 0.29) is 0 Å². The van der Waals surface area contributed by atoms with Crippen molar-refractivity contribution in [3.8, 4) is 5.75 Å². The van der Waals surface area contributed by atoms with Gasteiger partial charge in [-0.2, -0.15) is 0 Å². The highest BCUT2D eigenvalue weighted by Crippen LogP contribution is 2.24. The van der Waals surface area contributed by atoms with E-state index in [2.05, 4.69) is 63.2 Å². The van der Waals surface area contributed by atoms with Crippen molar-refractivity contribution in [1.82, 2.24) is 9.80 Å². The molecule has 0 amide bonds. The minimum atomic E-state index is 0.589. The van der Waals surface area contributed by atoms with Gasteiger partial charge in [0.15, 0.2) is 0 Å². The summed E-state index contributed by atoms with van der Waals surface area (Å²) in [7, 11) is 3.46. The fourth-order valence-corrected chi connectivity index (χ4v) is 4.91. The average Bonchev–Trinajstić information content (AvgIpc) is 2.80. The van der Waals surface area contributed by atoms with Crippen LogP contribution in [-0.4, -0.2) is 69.3 Å². The minimum absolute atomic E-state index is 0.589. The van der Waals surface area contributed by atoms with Crippen molar-refractivity contribution in [3.63, 3.8) is 0 Å². The molecule has 0 bridgehead atoms. The lowest BCUT2D eigenvalue weighted by Crippen LogP contribution is -2.55. The number of piperazine rings is 1. The first kappa shape index (κ1) is 21.2. The number of para-hydroxylation sites is 1. The third-order valence-electron chi connectivity index (χ3n) is 6.48. The Morgan fingerprint density at radius 3 is 2.47 bits per heavy atom. The summed E-state index contributed by atoms with van der Waals surface area (Å²) < 4.78 is 10.8. The third kappa shape index (κ3) is 5.15. The summed E-state index contributed by atoms with van der Waals surface area (Å²) in [6.45, 7) is 8.51. The standard InChI is InChI=1S/C25H35N3O2/c1-29-20-22-17-21(10-11-25(22)30-2)18-26-12-6-9-24(19-26)28-15-13-27(14-16-28)23-7-4-3-5-8-23/h3-5,7-8,10-11,17,24H,6,9,12-16,18-20H2,1-2H3/t24-/m0/s1. The van der Waals surface area contributed by atoms with Gasteiger partial charge >= 0.3 is 0 Å². The molecule has 2 aromatic rings. The van der Waals surface area contributed by atoms with E-state index in [0.29, 0.717) is 12.6 Å². The van der Waals surface area contributed by atoms with Crippen LogP contribution in [0.25, 0.3) is 0 Å². The zero-order chi connectivity index (χ0) is 20.8. The first-order valence-corrected chi connectivity index (χ1v) is 11.2. The van der Waals surface area contributed by atoms with Gasteiger partial charge in [0.1, 0.15) is 5.75 Å². The Morgan fingerprint density at radius 1 is 0.933 bits per heavy atom. The molecule has 2 saturated heterocycles. The van der Waals surface area contributed by atoms with Gasteiger partial charge < -0.3 is 14.4 Å². The molecule has 2 fully saturated rings. The van der Waals surface area contributed by atoms with Gasteiger partial charge in [0.25, 0.3) is 0 Å². The molecule has 2 aromatic carbocycles. The molecule has 0 radical (unpaired) electrons. The Morgan fingerprint density at radius 2 is 1.73 bits per heavy atom. The van der Waals surface area contributed by atoms with Crippen LogP contribution in [0.3, 0.4) is 0 Å². The molecule has 0 N–H and O–H groups in total. The van der Waals surface area contributed by atoms with Crippen LogP contribution >= 0.6 is 0 Å². The van der Waals surface area contributed by atoms with E-state index >= 15 is 0 Å². The Balaban J connectivity index is 1.32. The van der Waals surface area contributed by atoms with E-state index in [4.69, 9.17) is 9.47 Å². The highest BCUT2D eigenvalue weighted by atomic mass is 16.5. The molecule has 2 aliphatic heterocycles. The molecule has 30 heavy (non-hydrogen) atoms. The fraction of sp³-hybridized carbons (Fsp3) is 0.520. The molecule has 0 spiro atoms. The number of piperidine rings is 1. The van der Waals surface area contributed by atoms with Crippen molar-refractivity contribution in [3.05, 3.63) is 59.7 Å². The summed E-state index contributed by atoms with van der Waals surface area (Å²) in [5.74, 6) is 0.911. The van der Waals surface area contributed by atoms with Gasteiger partial charge in [-0.3, -0.25) is 9.80 Å². The van der Waals surface area contributed by atoms with Crippen LogP contribution in [0.15, 0.2) is 48.5 Å². The monoisotopic (exact) mass is 409 g/mol. The molecule has 4 rings (SSSR count). The van der Waals surface area contributed by atoms with Gasteiger partial charge in [-0.15, -0.1) is 0 Å². The maximum absolute atomic E-state index is 5.48. The Bertz CT molecular complexity index is 790. The summed E-state index contributed by atoms with van der Waals surface area (Å²) in [6.07, 6.45) is 2.60. The molecule has 2 aliphatic rings. The van der Waals surface area contributed by atoms with Gasteiger partial charge in [-0.1, -0.05) is 24.3 Å². The number of hydrogen-bond acceptors (Lipinski definition) is 5. The number of anilines is 1. The molecule has 2 heterocycles. The van der Waals surface area contributed by atoms with Gasteiger partial charge in [0.2, 0.25) is 0 Å². The predicted octanol–water partition coefficient (Wildman–Crippen LogP) is 3.63. The Labute approximate surface area is 181 Å². The summed E-state index contributed by atoms with van der Waals surface area (Å²) >= 11 is 0. The van der Waals surface area contributed by atoms with Crippen LogP contribution in [0.1, 0.15) is 24.0 Å². The normalized spacial score (nSPS) is 21.0. The Hall–Kier alpha value is -2.08. The molecule has 5 nitrogen and oxygen atoms in total. The maximum Gasteiger partial charge on any atom is 0.124 e. The van der Waals surface area contributed by atoms with Gasteiger partial charge in [0, 0.05) is 63.7 Å². The third-order valence-corrected chi connectivity index (χ3v) is 6.48. The second-order valence-electron chi connectivity index (χ2n) is 8.47. The van der Waals surface area contributed by atoms with Crippen molar-refractivity contribution >= 4 is 5.69 Å². The van der Waals surface area contributed by atoms with Gasteiger partial charge in [0.05, 0.1) is 13.7 Å². The zero-order valence-corrected chi connectivity index (χ0v) is 18.4. The second-order valence-corrected chi connectivity index (χ2v) is 8.47. The number of likely N-dealkylation sites (tertiary alicyclic amines) is 1. The average molecular weight is 410 g/mol. The van der Waals surface area contributed by atoms with Gasteiger partial charge in [-0.25, -0.2) is 0 Å². The largest absolute Gasteiger partial charge is 0.496 e. The summed E-state index contributed by atoms with van der Waals surface area (Å²) in [4.78, 5) is 7.86. The fourth-order valence-electron chi connectivity index (χ4n) is 4.91. The van der Waals surface area contributed by atoms with Crippen molar-refractivity contribution < 1.29 is 9.47 Å². The van der Waals surface area contributed by atoms with Crippen LogP contribution < -0.4 is 9.64 Å². The molecular formula is C25H35N3O2. The number of hydrogen-bond donors (Lipinski definition) is 0. The van der Waals surface area contributed by atoms with E-state index in [1.807, 2.05) is 0 Å². The second kappa shape index (κ2) is 10.3. The molecule has 0 unspecified atom stereocenters. The molecule has 0 aliphatic carbocycles.